The Bertz CT molecular complexity index is 1070. The molecule has 0 aromatic heterocycles. The summed E-state index contributed by atoms with van der Waals surface area (Å²) < 4.78 is 14.2. The average Bonchev–Trinajstić information content (AvgIpc) is 2.67. The molecule has 0 bridgehead atoms. The number of benzene rings is 3. The lowest BCUT2D eigenvalue weighted by atomic mass is 10.2. The monoisotopic (exact) mass is 504 g/mol. The van der Waals surface area contributed by atoms with Crippen molar-refractivity contribution in [3.63, 3.8) is 0 Å². The summed E-state index contributed by atoms with van der Waals surface area (Å²) in [5, 5.41) is 0.171. The summed E-state index contributed by atoms with van der Waals surface area (Å²) >= 11 is 30.5. The van der Waals surface area contributed by atoms with Gasteiger partial charge < -0.3 is 4.57 Å². The molecule has 0 saturated carbocycles. The van der Waals surface area contributed by atoms with Crippen LogP contribution >= 0.6 is 65.1 Å². The molecule has 0 radical (unpaired) electrons. The van der Waals surface area contributed by atoms with E-state index in [1.54, 1.807) is 0 Å². The van der Waals surface area contributed by atoms with Gasteiger partial charge in [-0.1, -0.05) is 70.1 Å². The largest absolute Gasteiger partial charge is 0.302 e. The summed E-state index contributed by atoms with van der Waals surface area (Å²) in [7, 11) is -4.50. The van der Waals surface area contributed by atoms with E-state index < -0.39 is 18.2 Å². The highest BCUT2D eigenvalue weighted by Gasteiger charge is 2.45. The third-order valence-corrected chi connectivity index (χ3v) is 8.24. The molecule has 0 aliphatic heterocycles. The van der Waals surface area contributed by atoms with Crippen molar-refractivity contribution in [2.24, 2.45) is 0 Å². The highest BCUT2D eigenvalue weighted by atomic mass is 35.5. The van der Waals surface area contributed by atoms with Gasteiger partial charge in [-0.05, 0) is 48.5 Å². The summed E-state index contributed by atoms with van der Waals surface area (Å²) in [6.07, 6.45) is 0. The van der Waals surface area contributed by atoms with E-state index in [4.69, 9.17) is 58.0 Å². The Balaban J connectivity index is 2.31. The maximum absolute atomic E-state index is 14.2. The molecule has 3 aromatic carbocycles. The molecule has 0 aliphatic rings. The van der Waals surface area contributed by atoms with Crippen molar-refractivity contribution in [1.82, 2.24) is 0 Å². The molecule has 0 spiro atoms. The average molecular weight is 507 g/mol. The second-order valence-corrected chi connectivity index (χ2v) is 10.5. The van der Waals surface area contributed by atoms with Gasteiger partial charge >= 0.3 is 0 Å². The Labute approximate surface area is 191 Å². The molecular weight excluding hydrogens is 496 g/mol. The van der Waals surface area contributed by atoms with Gasteiger partial charge in [0, 0.05) is 10.3 Å². The zero-order valence-electron chi connectivity index (χ0n) is 14.3. The van der Waals surface area contributed by atoms with Crippen molar-refractivity contribution in [2.45, 2.75) is 0 Å². The summed E-state index contributed by atoms with van der Waals surface area (Å²) in [5.41, 5.74) is -2.47. The molecule has 3 nitrogen and oxygen atoms in total. The van der Waals surface area contributed by atoms with E-state index in [-0.39, 0.29) is 36.5 Å². The van der Waals surface area contributed by atoms with Crippen LogP contribution in [0.25, 0.3) is 0 Å². The van der Waals surface area contributed by atoms with Crippen LogP contribution in [0.15, 0.2) is 60.7 Å². The fourth-order valence-corrected chi connectivity index (χ4v) is 6.56. The number of carbonyl (C=O) groups is 2. The summed E-state index contributed by atoms with van der Waals surface area (Å²) in [5.74, 6) is 0. The fraction of sp³-hybridized carbons (Fsp3) is 0. The van der Waals surface area contributed by atoms with Crippen molar-refractivity contribution in [3.8, 4) is 0 Å². The van der Waals surface area contributed by atoms with Gasteiger partial charge in [0.15, 0.2) is 0 Å². The van der Waals surface area contributed by atoms with Gasteiger partial charge in [0.1, 0.15) is 0 Å². The van der Waals surface area contributed by atoms with Crippen molar-refractivity contribution in [3.05, 3.63) is 96.9 Å². The summed E-state index contributed by atoms with van der Waals surface area (Å²) in [6.45, 7) is 0. The van der Waals surface area contributed by atoms with Crippen molar-refractivity contribution in [2.75, 3.05) is 0 Å². The summed E-state index contributed by atoms with van der Waals surface area (Å²) in [6, 6.07) is 14.3. The van der Waals surface area contributed by atoms with E-state index in [0.29, 0.717) is 5.02 Å². The van der Waals surface area contributed by atoms with E-state index in [1.165, 1.54) is 60.7 Å². The van der Waals surface area contributed by atoms with Crippen LogP contribution in [0.1, 0.15) is 20.7 Å². The highest BCUT2D eigenvalue weighted by molar-refractivity contribution is 8.01. The number of rotatable bonds is 5. The lowest BCUT2D eigenvalue weighted by molar-refractivity contribution is 0.104. The van der Waals surface area contributed by atoms with Crippen LogP contribution in [-0.2, 0) is 4.57 Å². The van der Waals surface area contributed by atoms with Gasteiger partial charge in [0.25, 0.3) is 0 Å². The number of hydrogen-bond acceptors (Lipinski definition) is 3. The quantitative estimate of drug-likeness (QED) is 0.335. The zero-order chi connectivity index (χ0) is 21.3. The first-order valence-corrected chi connectivity index (χ1v) is 11.6. The van der Waals surface area contributed by atoms with Crippen molar-refractivity contribution >= 4 is 81.5 Å². The third kappa shape index (κ3) is 4.14. The SMILES string of the molecule is O=C(c1c(Cl)cccc1Cl)P(=O)(C(=O)c1c(Cl)cccc1Cl)c1ccc(Cl)cc1. The molecule has 0 unspecified atom stereocenters. The normalized spacial score (nSPS) is 11.3. The number of hydrogen-bond donors (Lipinski definition) is 0. The van der Waals surface area contributed by atoms with Crippen molar-refractivity contribution < 1.29 is 14.2 Å². The van der Waals surface area contributed by atoms with Crippen LogP contribution < -0.4 is 5.30 Å². The first kappa shape index (κ1) is 22.4. The molecule has 0 heterocycles. The summed E-state index contributed by atoms with van der Waals surface area (Å²) in [4.78, 5) is 26.9. The molecule has 0 saturated heterocycles. The van der Waals surface area contributed by atoms with Crippen LogP contribution in [0.5, 0.6) is 0 Å². The number of halogens is 5. The second kappa shape index (κ2) is 8.81. The van der Waals surface area contributed by atoms with Gasteiger partial charge in [-0.3, -0.25) is 9.59 Å². The molecule has 148 valence electrons. The lowest BCUT2D eigenvalue weighted by Gasteiger charge is -2.19. The van der Waals surface area contributed by atoms with Gasteiger partial charge in [0.2, 0.25) is 18.2 Å². The molecular formula is C20H10Cl5O3P. The first-order valence-electron chi connectivity index (χ1n) is 8.02. The smallest absolute Gasteiger partial charge is 0.248 e. The molecule has 3 rings (SSSR count). The van der Waals surface area contributed by atoms with Gasteiger partial charge in [-0.15, -0.1) is 0 Å². The topological polar surface area (TPSA) is 51.2 Å². The van der Waals surface area contributed by atoms with E-state index in [9.17, 15) is 14.2 Å². The standard InChI is InChI=1S/C20H10Cl5O3P/c21-11-7-9-12(10-8-11)29(28,19(26)17-13(22)3-1-4-14(17)23)20(27)18-15(24)5-2-6-16(18)25/h1-10H. The zero-order valence-corrected chi connectivity index (χ0v) is 19.0. The van der Waals surface area contributed by atoms with E-state index in [0.717, 1.165) is 0 Å². The molecule has 3 aromatic rings. The fourth-order valence-electron chi connectivity index (χ4n) is 2.70. The van der Waals surface area contributed by atoms with Gasteiger partial charge in [-0.2, -0.15) is 0 Å². The van der Waals surface area contributed by atoms with E-state index >= 15 is 0 Å². The first-order chi connectivity index (χ1) is 13.7. The van der Waals surface area contributed by atoms with Crippen LogP contribution in [0.2, 0.25) is 25.1 Å². The molecule has 9 heteroatoms. The molecule has 0 N–H and O–H groups in total. The van der Waals surface area contributed by atoms with Crippen LogP contribution in [-0.4, -0.2) is 11.0 Å². The third-order valence-electron chi connectivity index (χ3n) is 4.12. The number of carbonyl (C=O) groups excluding carboxylic acids is 2. The van der Waals surface area contributed by atoms with Crippen LogP contribution in [0.3, 0.4) is 0 Å². The Morgan fingerprint density at radius 3 is 1.28 bits per heavy atom. The maximum Gasteiger partial charge on any atom is 0.248 e. The molecule has 29 heavy (non-hydrogen) atoms. The molecule has 0 aliphatic carbocycles. The Morgan fingerprint density at radius 2 is 0.931 bits per heavy atom. The second-order valence-electron chi connectivity index (χ2n) is 5.89. The van der Waals surface area contributed by atoms with Gasteiger partial charge in [-0.25, -0.2) is 0 Å². The minimum atomic E-state index is -4.50. The minimum Gasteiger partial charge on any atom is -0.302 e. The maximum atomic E-state index is 14.2. The van der Waals surface area contributed by atoms with Crippen molar-refractivity contribution in [1.29, 1.82) is 0 Å². The molecule has 0 amide bonds. The minimum absolute atomic E-state index is 0.0326. The van der Waals surface area contributed by atoms with Gasteiger partial charge in [0.05, 0.1) is 31.2 Å². The van der Waals surface area contributed by atoms with E-state index in [1.807, 2.05) is 0 Å². The lowest BCUT2D eigenvalue weighted by Crippen LogP contribution is -2.21. The van der Waals surface area contributed by atoms with Crippen LogP contribution in [0.4, 0.5) is 0 Å². The molecule has 0 atom stereocenters. The highest BCUT2D eigenvalue weighted by Crippen LogP contribution is 2.54. The predicted octanol–water partition coefficient (Wildman–Crippen LogP) is 7.62. The predicted molar refractivity (Wildman–Crippen MR) is 120 cm³/mol. The molecule has 0 fully saturated rings. The van der Waals surface area contributed by atoms with E-state index in [2.05, 4.69) is 0 Å². The van der Waals surface area contributed by atoms with Crippen LogP contribution in [0, 0.1) is 0 Å². The Kier molecular flexibility index (Phi) is 6.80. The Hall–Kier alpha value is -1.32. The Morgan fingerprint density at radius 1 is 0.586 bits per heavy atom.